The second-order valence-electron chi connectivity index (χ2n) is 3.85. The number of carbonyl (C=O) groups is 1. The second kappa shape index (κ2) is 5.30. The number of carbonyl (C=O) groups excluding carboxylic acids is 1. The lowest BCUT2D eigenvalue weighted by Gasteiger charge is -2.05. The molecule has 0 atom stereocenters. The van der Waals surface area contributed by atoms with E-state index in [2.05, 4.69) is 10.3 Å². The minimum Gasteiger partial charge on any atom is -0.355 e. The molecule has 4 nitrogen and oxygen atoms in total. The van der Waals surface area contributed by atoms with Gasteiger partial charge >= 0.3 is 0 Å². The maximum absolute atomic E-state index is 10.8. The van der Waals surface area contributed by atoms with Crippen LogP contribution in [0.25, 0.3) is 11.0 Å². The Hall–Kier alpha value is -1.04. The molecule has 0 spiro atoms. The lowest BCUT2D eigenvalue weighted by atomic mass is 10.3. The number of rotatable bonds is 3. The number of aromatic nitrogens is 2. The summed E-state index contributed by atoms with van der Waals surface area (Å²) in [7, 11) is 0. The van der Waals surface area contributed by atoms with Gasteiger partial charge in [0.15, 0.2) is 4.77 Å². The molecule has 18 heavy (non-hydrogen) atoms. The van der Waals surface area contributed by atoms with Crippen LogP contribution >= 0.6 is 35.4 Å². The first-order valence-electron chi connectivity index (χ1n) is 5.31. The van der Waals surface area contributed by atoms with E-state index in [1.54, 1.807) is 12.1 Å². The van der Waals surface area contributed by atoms with E-state index in [1.165, 1.54) is 6.92 Å². The fourth-order valence-electron chi connectivity index (χ4n) is 1.72. The molecule has 1 amide bonds. The van der Waals surface area contributed by atoms with Crippen LogP contribution in [0.3, 0.4) is 0 Å². The van der Waals surface area contributed by atoms with E-state index in [0.717, 1.165) is 11.0 Å². The normalized spacial score (nSPS) is 10.8. The highest BCUT2D eigenvalue weighted by molar-refractivity contribution is 7.71. The Labute approximate surface area is 119 Å². The molecule has 0 aliphatic carbocycles. The molecule has 0 aliphatic rings. The second-order valence-corrected chi connectivity index (χ2v) is 5.05. The van der Waals surface area contributed by atoms with Crippen LogP contribution in [0.5, 0.6) is 0 Å². The smallest absolute Gasteiger partial charge is 0.216 e. The van der Waals surface area contributed by atoms with E-state index in [4.69, 9.17) is 35.4 Å². The first-order valence-corrected chi connectivity index (χ1v) is 6.47. The molecule has 0 fully saturated rings. The van der Waals surface area contributed by atoms with Crippen LogP contribution in [0.4, 0.5) is 0 Å². The van der Waals surface area contributed by atoms with Gasteiger partial charge in [-0.15, -0.1) is 0 Å². The van der Waals surface area contributed by atoms with Crippen molar-refractivity contribution in [1.82, 2.24) is 14.9 Å². The van der Waals surface area contributed by atoms with Crippen LogP contribution in [-0.4, -0.2) is 22.0 Å². The Morgan fingerprint density at radius 1 is 1.44 bits per heavy atom. The summed E-state index contributed by atoms with van der Waals surface area (Å²) in [4.78, 5) is 13.9. The molecule has 0 radical (unpaired) electrons. The zero-order valence-corrected chi connectivity index (χ0v) is 11.9. The summed E-state index contributed by atoms with van der Waals surface area (Å²) >= 11 is 17.2. The summed E-state index contributed by atoms with van der Waals surface area (Å²) in [5, 5.41) is 3.68. The van der Waals surface area contributed by atoms with E-state index in [-0.39, 0.29) is 5.91 Å². The molecular weight excluding hydrogens is 293 g/mol. The van der Waals surface area contributed by atoms with Crippen molar-refractivity contribution < 1.29 is 4.79 Å². The van der Waals surface area contributed by atoms with Gasteiger partial charge in [-0.05, 0) is 24.4 Å². The van der Waals surface area contributed by atoms with Crippen LogP contribution in [-0.2, 0) is 11.3 Å². The maximum atomic E-state index is 10.8. The van der Waals surface area contributed by atoms with Gasteiger partial charge < -0.3 is 14.9 Å². The molecule has 0 aliphatic heterocycles. The summed E-state index contributed by atoms with van der Waals surface area (Å²) in [6.45, 7) is 2.57. The van der Waals surface area contributed by atoms with Crippen LogP contribution in [0.1, 0.15) is 6.92 Å². The molecule has 2 rings (SSSR count). The maximum Gasteiger partial charge on any atom is 0.216 e. The zero-order chi connectivity index (χ0) is 13.3. The Balaban J connectivity index is 2.37. The topological polar surface area (TPSA) is 49.8 Å². The number of benzene rings is 1. The highest BCUT2D eigenvalue weighted by Gasteiger charge is 2.08. The summed E-state index contributed by atoms with van der Waals surface area (Å²) in [5.41, 5.74) is 1.71. The number of nitrogens with zero attached hydrogens (tertiary/aromatic N) is 1. The predicted octanol–water partition coefficient (Wildman–Crippen LogP) is 3.14. The van der Waals surface area contributed by atoms with Crippen molar-refractivity contribution in [3.8, 4) is 0 Å². The third-order valence-electron chi connectivity index (χ3n) is 2.53. The van der Waals surface area contributed by atoms with Crippen molar-refractivity contribution in [2.24, 2.45) is 0 Å². The molecular formula is C11H11Cl2N3OS. The van der Waals surface area contributed by atoms with Crippen LogP contribution in [0, 0.1) is 4.77 Å². The summed E-state index contributed by atoms with van der Waals surface area (Å²) in [6.07, 6.45) is 0. The summed E-state index contributed by atoms with van der Waals surface area (Å²) in [6, 6.07) is 3.50. The number of fused-ring (bicyclic) bond motifs is 1. The molecule has 1 aromatic heterocycles. The molecule has 7 heteroatoms. The van der Waals surface area contributed by atoms with Gasteiger partial charge in [0.25, 0.3) is 0 Å². The fourth-order valence-corrected chi connectivity index (χ4v) is 2.34. The molecule has 0 saturated heterocycles. The SMILES string of the molecule is CC(=O)NCCn1c(=S)[nH]c2cc(Cl)c(Cl)cc21. The monoisotopic (exact) mass is 303 g/mol. The fraction of sp³-hybridized carbons (Fsp3) is 0.273. The average Bonchev–Trinajstić information content (AvgIpc) is 2.56. The Kier molecular flexibility index (Phi) is 3.94. The number of halogens is 2. The van der Waals surface area contributed by atoms with Gasteiger partial charge in [-0.25, -0.2) is 0 Å². The number of hydrogen-bond donors (Lipinski definition) is 2. The van der Waals surface area contributed by atoms with Gasteiger partial charge in [-0.1, -0.05) is 23.2 Å². The Morgan fingerprint density at radius 2 is 2.11 bits per heavy atom. The molecule has 96 valence electrons. The standard InChI is InChI=1S/C11H11Cl2N3OS/c1-6(17)14-2-3-16-10-5-8(13)7(12)4-9(10)15-11(16)18/h4-5H,2-3H2,1H3,(H,14,17)(H,15,18). The van der Waals surface area contributed by atoms with E-state index in [0.29, 0.717) is 27.9 Å². The van der Waals surface area contributed by atoms with Gasteiger partial charge in [0, 0.05) is 20.0 Å². The van der Waals surface area contributed by atoms with Gasteiger partial charge in [0.05, 0.1) is 21.1 Å². The van der Waals surface area contributed by atoms with Gasteiger partial charge in [0.1, 0.15) is 0 Å². The van der Waals surface area contributed by atoms with Crippen molar-refractivity contribution in [3.05, 3.63) is 26.9 Å². The Morgan fingerprint density at radius 3 is 2.78 bits per heavy atom. The number of aromatic amines is 1. The van der Waals surface area contributed by atoms with Gasteiger partial charge in [-0.3, -0.25) is 4.79 Å². The van der Waals surface area contributed by atoms with E-state index >= 15 is 0 Å². The van der Waals surface area contributed by atoms with Crippen LogP contribution < -0.4 is 5.32 Å². The van der Waals surface area contributed by atoms with E-state index in [9.17, 15) is 4.79 Å². The third kappa shape index (κ3) is 2.68. The van der Waals surface area contributed by atoms with Crippen molar-refractivity contribution >= 4 is 52.4 Å². The molecule has 2 aromatic rings. The van der Waals surface area contributed by atoms with E-state index < -0.39 is 0 Å². The van der Waals surface area contributed by atoms with Crippen molar-refractivity contribution in [3.63, 3.8) is 0 Å². The quantitative estimate of drug-likeness (QED) is 0.856. The number of nitrogens with one attached hydrogen (secondary N) is 2. The molecule has 2 N–H and O–H groups in total. The average molecular weight is 304 g/mol. The number of imidazole rings is 1. The predicted molar refractivity (Wildman–Crippen MR) is 75.8 cm³/mol. The van der Waals surface area contributed by atoms with E-state index in [1.807, 2.05) is 4.57 Å². The lowest BCUT2D eigenvalue weighted by molar-refractivity contribution is -0.118. The first kappa shape index (κ1) is 13.4. The highest BCUT2D eigenvalue weighted by Crippen LogP contribution is 2.27. The zero-order valence-electron chi connectivity index (χ0n) is 9.59. The van der Waals surface area contributed by atoms with Crippen LogP contribution in [0.2, 0.25) is 10.0 Å². The minimum absolute atomic E-state index is 0.0672. The largest absolute Gasteiger partial charge is 0.355 e. The molecule has 1 aromatic carbocycles. The molecule has 0 unspecified atom stereocenters. The molecule has 0 saturated carbocycles. The lowest BCUT2D eigenvalue weighted by Crippen LogP contribution is -2.24. The van der Waals surface area contributed by atoms with Gasteiger partial charge in [-0.2, -0.15) is 0 Å². The highest BCUT2D eigenvalue weighted by atomic mass is 35.5. The molecule has 0 bridgehead atoms. The Bertz CT molecular complexity index is 662. The minimum atomic E-state index is -0.0672. The third-order valence-corrected chi connectivity index (χ3v) is 3.57. The summed E-state index contributed by atoms with van der Waals surface area (Å²) < 4.78 is 2.46. The van der Waals surface area contributed by atoms with Crippen molar-refractivity contribution in [2.45, 2.75) is 13.5 Å². The number of hydrogen-bond acceptors (Lipinski definition) is 2. The molecule has 1 heterocycles. The van der Waals surface area contributed by atoms with Crippen LogP contribution in [0.15, 0.2) is 12.1 Å². The van der Waals surface area contributed by atoms with Gasteiger partial charge in [0.2, 0.25) is 5.91 Å². The number of amides is 1. The first-order chi connectivity index (χ1) is 8.49. The number of H-pyrrole nitrogens is 1. The summed E-state index contributed by atoms with van der Waals surface area (Å²) in [5.74, 6) is -0.0672. The van der Waals surface area contributed by atoms with Crippen molar-refractivity contribution in [1.29, 1.82) is 0 Å². The van der Waals surface area contributed by atoms with Crippen molar-refractivity contribution in [2.75, 3.05) is 6.54 Å².